The lowest BCUT2D eigenvalue weighted by atomic mass is 9.86. The van der Waals surface area contributed by atoms with Crippen LogP contribution in [0.4, 0.5) is 0 Å². The smallest absolute Gasteiger partial charge is 0.123 e. The molecule has 0 spiro atoms. The normalized spacial score (nSPS) is 13.3. The van der Waals surface area contributed by atoms with Gasteiger partial charge in [0, 0.05) is 23.6 Å². The van der Waals surface area contributed by atoms with Crippen molar-refractivity contribution in [2.45, 2.75) is 78.5 Å². The molecule has 0 heterocycles. The van der Waals surface area contributed by atoms with Crippen molar-refractivity contribution in [1.82, 2.24) is 4.90 Å². The molecule has 0 aliphatic heterocycles. The van der Waals surface area contributed by atoms with Gasteiger partial charge >= 0.3 is 0 Å². The Balaban J connectivity index is 1.90. The van der Waals surface area contributed by atoms with Gasteiger partial charge in [-0.25, -0.2) is 0 Å². The quantitative estimate of drug-likeness (QED) is 0.281. The number of nitrogens with zero attached hydrogens (tertiary/aromatic N) is 1. The first-order chi connectivity index (χ1) is 16.0. The van der Waals surface area contributed by atoms with Crippen LogP contribution in [0.5, 0.6) is 5.75 Å². The van der Waals surface area contributed by atoms with Crippen molar-refractivity contribution in [3.63, 3.8) is 0 Å². The summed E-state index contributed by atoms with van der Waals surface area (Å²) in [6.07, 6.45) is 3.54. The van der Waals surface area contributed by atoms with Crippen LogP contribution in [-0.2, 0) is 6.61 Å². The third kappa shape index (κ3) is 7.20. The van der Waals surface area contributed by atoms with Gasteiger partial charge in [-0.15, -0.1) is 0 Å². The van der Waals surface area contributed by atoms with Crippen LogP contribution >= 0.6 is 0 Å². The van der Waals surface area contributed by atoms with E-state index in [0.29, 0.717) is 24.6 Å². The summed E-state index contributed by atoms with van der Waals surface area (Å²) in [5.74, 6) is 1.29. The van der Waals surface area contributed by atoms with Crippen molar-refractivity contribution in [3.8, 4) is 5.75 Å². The van der Waals surface area contributed by atoms with E-state index in [-0.39, 0.29) is 0 Å². The van der Waals surface area contributed by atoms with E-state index >= 15 is 0 Å². The molecule has 0 aromatic heterocycles. The second-order valence-electron chi connectivity index (χ2n) is 9.54. The molecule has 2 atom stereocenters. The molecule has 0 aliphatic rings. The van der Waals surface area contributed by atoms with Crippen LogP contribution in [-0.4, -0.2) is 23.5 Å². The Morgan fingerprint density at radius 2 is 1.48 bits per heavy atom. The number of rotatable bonds is 12. The lowest BCUT2D eigenvalue weighted by Gasteiger charge is -2.34. The van der Waals surface area contributed by atoms with E-state index in [1.807, 2.05) is 6.07 Å². The minimum Gasteiger partial charge on any atom is -0.489 e. The van der Waals surface area contributed by atoms with E-state index in [9.17, 15) is 0 Å². The average molecular weight is 444 g/mol. The van der Waals surface area contributed by atoms with Crippen LogP contribution in [0.1, 0.15) is 75.1 Å². The molecule has 0 saturated carbocycles. The molecule has 2 nitrogen and oxygen atoms in total. The van der Waals surface area contributed by atoms with Gasteiger partial charge in [0.05, 0.1) is 0 Å². The first-order valence-electron chi connectivity index (χ1n) is 12.6. The molecule has 3 aromatic rings. The summed E-state index contributed by atoms with van der Waals surface area (Å²) < 4.78 is 6.41. The van der Waals surface area contributed by atoms with E-state index in [1.54, 1.807) is 0 Å². The predicted octanol–water partition coefficient (Wildman–Crippen LogP) is 8.00. The number of ether oxygens (including phenoxy) is 1. The standard InChI is InChI=1S/C31H41NO/c1-6-13-26(5)32(24(2)3)21-20-29(28-16-11-8-12-17-28)30-22-25(4)18-19-31(30)33-23-27-14-9-7-10-15-27/h7-12,14-19,22,24,26,29H,6,13,20-21,23H2,1-5H3/t26?,29-/m1/s1. The molecule has 0 amide bonds. The van der Waals surface area contributed by atoms with Crippen molar-refractivity contribution >= 4 is 0 Å². The molecule has 33 heavy (non-hydrogen) atoms. The fourth-order valence-corrected chi connectivity index (χ4v) is 4.84. The first-order valence-corrected chi connectivity index (χ1v) is 12.6. The summed E-state index contributed by atoms with van der Waals surface area (Å²) in [4.78, 5) is 2.67. The fraction of sp³-hybridized carbons (Fsp3) is 0.419. The Kier molecular flexibility index (Phi) is 9.57. The van der Waals surface area contributed by atoms with Crippen LogP contribution in [0, 0.1) is 6.92 Å². The number of aryl methyl sites for hydroxylation is 1. The second kappa shape index (κ2) is 12.6. The SMILES string of the molecule is CCCC(C)N(CC[C@H](c1ccccc1)c1cc(C)ccc1OCc1ccccc1)C(C)C. The molecule has 3 aromatic carbocycles. The average Bonchev–Trinajstić information content (AvgIpc) is 2.82. The summed E-state index contributed by atoms with van der Waals surface area (Å²) in [6.45, 7) is 13.1. The molecule has 0 fully saturated rings. The zero-order valence-electron chi connectivity index (χ0n) is 21.1. The predicted molar refractivity (Wildman–Crippen MR) is 141 cm³/mol. The molecule has 0 N–H and O–H groups in total. The highest BCUT2D eigenvalue weighted by Gasteiger charge is 2.23. The maximum Gasteiger partial charge on any atom is 0.123 e. The number of hydrogen-bond donors (Lipinski definition) is 0. The Labute approximate surface area is 201 Å². The van der Waals surface area contributed by atoms with Gasteiger partial charge in [-0.2, -0.15) is 0 Å². The van der Waals surface area contributed by atoms with Crippen LogP contribution in [0.25, 0.3) is 0 Å². The van der Waals surface area contributed by atoms with Gasteiger partial charge in [-0.3, -0.25) is 4.90 Å². The van der Waals surface area contributed by atoms with Crippen LogP contribution in [0.15, 0.2) is 78.9 Å². The monoisotopic (exact) mass is 443 g/mol. The molecular formula is C31H41NO. The van der Waals surface area contributed by atoms with Gasteiger partial charge in [-0.1, -0.05) is 91.7 Å². The van der Waals surface area contributed by atoms with Crippen LogP contribution in [0.2, 0.25) is 0 Å². The third-order valence-electron chi connectivity index (χ3n) is 6.59. The van der Waals surface area contributed by atoms with Gasteiger partial charge in [-0.05, 0) is 64.3 Å². The van der Waals surface area contributed by atoms with Gasteiger partial charge in [0.25, 0.3) is 0 Å². The van der Waals surface area contributed by atoms with Crippen molar-refractivity contribution in [3.05, 3.63) is 101 Å². The van der Waals surface area contributed by atoms with Crippen molar-refractivity contribution in [2.75, 3.05) is 6.54 Å². The molecular weight excluding hydrogens is 402 g/mol. The third-order valence-corrected chi connectivity index (χ3v) is 6.59. The molecule has 2 heteroatoms. The van der Waals surface area contributed by atoms with E-state index < -0.39 is 0 Å². The van der Waals surface area contributed by atoms with Crippen LogP contribution < -0.4 is 4.74 Å². The molecule has 0 bridgehead atoms. The van der Waals surface area contributed by atoms with Crippen molar-refractivity contribution < 1.29 is 4.74 Å². The minimum absolute atomic E-state index is 0.298. The van der Waals surface area contributed by atoms with E-state index in [4.69, 9.17) is 4.74 Å². The lowest BCUT2D eigenvalue weighted by Crippen LogP contribution is -2.39. The molecule has 0 saturated heterocycles. The molecule has 0 radical (unpaired) electrons. The van der Waals surface area contributed by atoms with E-state index in [0.717, 1.165) is 18.7 Å². The minimum atomic E-state index is 0.298. The maximum atomic E-state index is 6.41. The van der Waals surface area contributed by atoms with Gasteiger partial charge < -0.3 is 4.74 Å². The molecule has 176 valence electrons. The van der Waals surface area contributed by atoms with Crippen molar-refractivity contribution in [1.29, 1.82) is 0 Å². The molecule has 3 rings (SSSR count). The summed E-state index contributed by atoms with van der Waals surface area (Å²) in [5.41, 5.74) is 5.13. The van der Waals surface area contributed by atoms with Gasteiger partial charge in [0.1, 0.15) is 12.4 Å². The summed E-state index contributed by atoms with van der Waals surface area (Å²) in [6, 6.07) is 29.2. The maximum absolute atomic E-state index is 6.41. The zero-order valence-corrected chi connectivity index (χ0v) is 21.1. The highest BCUT2D eigenvalue weighted by molar-refractivity contribution is 5.44. The van der Waals surface area contributed by atoms with Gasteiger partial charge in [0.15, 0.2) is 0 Å². The number of benzene rings is 3. The topological polar surface area (TPSA) is 12.5 Å². The highest BCUT2D eigenvalue weighted by atomic mass is 16.5. The van der Waals surface area contributed by atoms with E-state index in [2.05, 4.69) is 112 Å². The Morgan fingerprint density at radius 3 is 2.12 bits per heavy atom. The molecule has 0 aliphatic carbocycles. The highest BCUT2D eigenvalue weighted by Crippen LogP contribution is 2.36. The summed E-state index contributed by atoms with van der Waals surface area (Å²) >= 11 is 0. The van der Waals surface area contributed by atoms with Gasteiger partial charge in [0.2, 0.25) is 0 Å². The van der Waals surface area contributed by atoms with E-state index in [1.165, 1.54) is 35.1 Å². The summed E-state index contributed by atoms with van der Waals surface area (Å²) in [5, 5.41) is 0. The Hall–Kier alpha value is -2.58. The van der Waals surface area contributed by atoms with Crippen LogP contribution in [0.3, 0.4) is 0 Å². The Morgan fingerprint density at radius 1 is 0.818 bits per heavy atom. The second-order valence-corrected chi connectivity index (χ2v) is 9.54. The fourth-order valence-electron chi connectivity index (χ4n) is 4.84. The summed E-state index contributed by atoms with van der Waals surface area (Å²) in [7, 11) is 0. The largest absolute Gasteiger partial charge is 0.489 e. The first kappa shape index (κ1) is 25.1. The molecule has 1 unspecified atom stereocenters. The number of hydrogen-bond acceptors (Lipinski definition) is 2. The zero-order chi connectivity index (χ0) is 23.6. The lowest BCUT2D eigenvalue weighted by molar-refractivity contribution is 0.151. The Bertz CT molecular complexity index is 951. The van der Waals surface area contributed by atoms with Crippen molar-refractivity contribution in [2.24, 2.45) is 0 Å².